The van der Waals surface area contributed by atoms with Crippen molar-refractivity contribution in [2.24, 2.45) is 0 Å². The lowest BCUT2D eigenvalue weighted by Gasteiger charge is -2.39. The molecule has 3 rings (SSSR count). The van der Waals surface area contributed by atoms with Gasteiger partial charge in [0.25, 0.3) is 0 Å². The number of carbonyl (C=O) groups is 1. The number of hydrogen-bond acceptors (Lipinski definition) is 4. The van der Waals surface area contributed by atoms with Crippen LogP contribution in [0.1, 0.15) is 25.7 Å². The largest absolute Gasteiger partial charge is 0.493 e. The molecule has 23 heavy (non-hydrogen) atoms. The van der Waals surface area contributed by atoms with E-state index in [1.807, 2.05) is 35.2 Å². The number of aliphatic hydroxyl groups is 1. The van der Waals surface area contributed by atoms with Crippen LogP contribution < -0.4 is 4.74 Å². The summed E-state index contributed by atoms with van der Waals surface area (Å²) < 4.78 is 5.59. The van der Waals surface area contributed by atoms with Gasteiger partial charge in [0, 0.05) is 32.2 Å². The average molecular weight is 318 g/mol. The van der Waals surface area contributed by atoms with Gasteiger partial charge in [-0.15, -0.1) is 0 Å². The summed E-state index contributed by atoms with van der Waals surface area (Å²) >= 11 is 0. The third-order valence-corrected chi connectivity index (χ3v) is 4.91. The molecule has 1 N–H and O–H groups in total. The van der Waals surface area contributed by atoms with E-state index in [9.17, 15) is 9.90 Å². The van der Waals surface area contributed by atoms with Crippen LogP contribution in [-0.4, -0.2) is 65.7 Å². The molecule has 1 aliphatic carbocycles. The van der Waals surface area contributed by atoms with E-state index in [4.69, 9.17) is 4.74 Å². The number of nitrogens with zero attached hydrogens (tertiary/aromatic N) is 2. The van der Waals surface area contributed by atoms with Crippen molar-refractivity contribution in [1.29, 1.82) is 0 Å². The fourth-order valence-corrected chi connectivity index (χ4v) is 3.58. The Kier molecular flexibility index (Phi) is 5.51. The lowest BCUT2D eigenvalue weighted by molar-refractivity contribution is -0.134. The van der Waals surface area contributed by atoms with Gasteiger partial charge in [0.15, 0.2) is 0 Å². The number of benzene rings is 1. The summed E-state index contributed by atoms with van der Waals surface area (Å²) in [5.41, 5.74) is 0. The molecule has 126 valence electrons. The van der Waals surface area contributed by atoms with Gasteiger partial charge in [-0.25, -0.2) is 0 Å². The van der Waals surface area contributed by atoms with Crippen LogP contribution in [0.2, 0.25) is 0 Å². The van der Waals surface area contributed by atoms with E-state index in [2.05, 4.69) is 4.90 Å². The molecule has 1 aromatic rings. The van der Waals surface area contributed by atoms with Gasteiger partial charge in [0.05, 0.1) is 19.1 Å². The van der Waals surface area contributed by atoms with Gasteiger partial charge in [-0.1, -0.05) is 18.2 Å². The lowest BCUT2D eigenvalue weighted by atomic mass is 10.1. The highest BCUT2D eigenvalue weighted by Gasteiger charge is 2.33. The summed E-state index contributed by atoms with van der Waals surface area (Å²) in [6, 6.07) is 9.89. The summed E-state index contributed by atoms with van der Waals surface area (Å²) in [4.78, 5) is 16.5. The molecule has 1 saturated heterocycles. The summed E-state index contributed by atoms with van der Waals surface area (Å²) in [6.07, 6.45) is 3.35. The standard InChI is InChI=1S/C18H26N2O3/c21-17-8-4-7-16(17)19-10-12-20(13-11-19)18(22)9-14-23-15-5-2-1-3-6-15/h1-3,5-6,16-17,21H,4,7-14H2/t16-,17+/m0/s1. The van der Waals surface area contributed by atoms with Gasteiger partial charge >= 0.3 is 0 Å². The van der Waals surface area contributed by atoms with Crippen molar-refractivity contribution in [1.82, 2.24) is 9.80 Å². The van der Waals surface area contributed by atoms with Crippen LogP contribution in [-0.2, 0) is 4.79 Å². The second kappa shape index (κ2) is 7.79. The first-order valence-corrected chi connectivity index (χ1v) is 8.62. The zero-order valence-corrected chi connectivity index (χ0v) is 13.6. The third-order valence-electron chi connectivity index (χ3n) is 4.91. The van der Waals surface area contributed by atoms with Crippen LogP contribution in [0.25, 0.3) is 0 Å². The van der Waals surface area contributed by atoms with Gasteiger partial charge < -0.3 is 14.7 Å². The Labute approximate surface area is 137 Å². The molecule has 1 amide bonds. The van der Waals surface area contributed by atoms with Gasteiger partial charge in [0.1, 0.15) is 5.75 Å². The minimum atomic E-state index is -0.184. The zero-order valence-electron chi connectivity index (χ0n) is 13.6. The van der Waals surface area contributed by atoms with Gasteiger partial charge in [-0.3, -0.25) is 9.69 Å². The van der Waals surface area contributed by atoms with Crippen molar-refractivity contribution in [2.75, 3.05) is 32.8 Å². The van der Waals surface area contributed by atoms with Crippen molar-refractivity contribution < 1.29 is 14.6 Å². The second-order valence-corrected chi connectivity index (χ2v) is 6.39. The molecular weight excluding hydrogens is 292 g/mol. The van der Waals surface area contributed by atoms with Crippen LogP contribution in [0.4, 0.5) is 0 Å². The molecule has 0 unspecified atom stereocenters. The summed E-state index contributed by atoms with van der Waals surface area (Å²) in [7, 11) is 0. The molecule has 0 bridgehead atoms. The molecule has 1 aromatic carbocycles. The monoisotopic (exact) mass is 318 g/mol. The Hall–Kier alpha value is -1.59. The number of rotatable bonds is 5. The molecule has 2 aliphatic rings. The van der Waals surface area contributed by atoms with Gasteiger partial charge in [0.2, 0.25) is 5.91 Å². The Morgan fingerprint density at radius 1 is 1.13 bits per heavy atom. The molecule has 5 nitrogen and oxygen atoms in total. The maximum atomic E-state index is 12.3. The number of amides is 1. The van der Waals surface area contributed by atoms with Crippen LogP contribution in [0.5, 0.6) is 5.75 Å². The van der Waals surface area contributed by atoms with E-state index in [1.165, 1.54) is 0 Å². The molecule has 1 heterocycles. The highest BCUT2D eigenvalue weighted by molar-refractivity contribution is 5.76. The minimum Gasteiger partial charge on any atom is -0.493 e. The third kappa shape index (κ3) is 4.24. The lowest BCUT2D eigenvalue weighted by Crippen LogP contribution is -2.53. The molecule has 5 heteroatoms. The Bertz CT molecular complexity index is 500. The number of piperazine rings is 1. The van der Waals surface area contributed by atoms with Crippen LogP contribution in [0.3, 0.4) is 0 Å². The number of para-hydroxylation sites is 1. The SMILES string of the molecule is O=C(CCOc1ccccc1)N1CCN([C@H]2CCC[C@H]2O)CC1. The van der Waals surface area contributed by atoms with E-state index in [0.717, 1.165) is 51.2 Å². The Balaban J connectivity index is 1.38. The number of carbonyl (C=O) groups excluding carboxylic acids is 1. The first kappa shape index (κ1) is 16.3. The Morgan fingerprint density at radius 2 is 1.87 bits per heavy atom. The molecular formula is C18H26N2O3. The second-order valence-electron chi connectivity index (χ2n) is 6.39. The smallest absolute Gasteiger partial charge is 0.226 e. The predicted octanol–water partition coefficient (Wildman–Crippen LogP) is 1.51. The topological polar surface area (TPSA) is 53.0 Å². The highest BCUT2D eigenvalue weighted by Crippen LogP contribution is 2.25. The van der Waals surface area contributed by atoms with E-state index < -0.39 is 0 Å². The quantitative estimate of drug-likeness (QED) is 0.894. The van der Waals surface area contributed by atoms with E-state index in [1.54, 1.807) is 0 Å². The van der Waals surface area contributed by atoms with Gasteiger partial charge in [-0.05, 0) is 31.4 Å². The van der Waals surface area contributed by atoms with Crippen LogP contribution in [0, 0.1) is 0 Å². The first-order valence-electron chi connectivity index (χ1n) is 8.62. The zero-order chi connectivity index (χ0) is 16.1. The molecule has 2 fully saturated rings. The Morgan fingerprint density at radius 3 is 2.52 bits per heavy atom. The fourth-order valence-electron chi connectivity index (χ4n) is 3.58. The number of ether oxygens (including phenoxy) is 1. The van der Waals surface area contributed by atoms with Crippen molar-refractivity contribution in [2.45, 2.75) is 37.8 Å². The van der Waals surface area contributed by atoms with Crippen LogP contribution >= 0.6 is 0 Å². The molecule has 1 saturated carbocycles. The first-order chi connectivity index (χ1) is 11.2. The number of hydrogen-bond donors (Lipinski definition) is 1. The minimum absolute atomic E-state index is 0.160. The number of aliphatic hydroxyl groups excluding tert-OH is 1. The average Bonchev–Trinajstić information content (AvgIpc) is 3.02. The van der Waals surface area contributed by atoms with Crippen molar-refractivity contribution >= 4 is 5.91 Å². The summed E-state index contributed by atoms with van der Waals surface area (Å²) in [5.74, 6) is 0.966. The van der Waals surface area contributed by atoms with E-state index in [0.29, 0.717) is 19.1 Å². The summed E-state index contributed by atoms with van der Waals surface area (Å²) in [6.45, 7) is 3.67. The van der Waals surface area contributed by atoms with Crippen molar-refractivity contribution in [3.63, 3.8) is 0 Å². The molecule has 0 spiro atoms. The van der Waals surface area contributed by atoms with Crippen molar-refractivity contribution in [3.05, 3.63) is 30.3 Å². The predicted molar refractivity (Wildman–Crippen MR) is 88.4 cm³/mol. The molecule has 0 aromatic heterocycles. The van der Waals surface area contributed by atoms with Crippen molar-refractivity contribution in [3.8, 4) is 5.75 Å². The molecule has 0 radical (unpaired) electrons. The van der Waals surface area contributed by atoms with E-state index >= 15 is 0 Å². The normalized spacial score (nSPS) is 25.5. The maximum absolute atomic E-state index is 12.3. The van der Waals surface area contributed by atoms with Gasteiger partial charge in [-0.2, -0.15) is 0 Å². The fraction of sp³-hybridized carbons (Fsp3) is 0.611. The highest BCUT2D eigenvalue weighted by atomic mass is 16.5. The van der Waals surface area contributed by atoms with E-state index in [-0.39, 0.29) is 12.0 Å². The maximum Gasteiger partial charge on any atom is 0.226 e. The molecule has 1 aliphatic heterocycles. The molecule has 2 atom stereocenters. The summed E-state index contributed by atoms with van der Waals surface area (Å²) in [5, 5.41) is 10.0. The van der Waals surface area contributed by atoms with Crippen LogP contribution in [0.15, 0.2) is 30.3 Å².